The topological polar surface area (TPSA) is 95.9 Å². The first-order chi connectivity index (χ1) is 29.0. The lowest BCUT2D eigenvalue weighted by molar-refractivity contribution is -0.151. The maximum Gasteiger partial charge on any atom is 0.306 e. The lowest BCUT2D eigenvalue weighted by Gasteiger charge is -2.24. The van der Waals surface area contributed by atoms with Crippen molar-refractivity contribution in [3.05, 3.63) is 48.6 Å². The summed E-state index contributed by atoms with van der Waals surface area (Å²) in [6, 6.07) is -0.707. The molecule has 1 amide bonds. The van der Waals surface area contributed by atoms with Crippen LogP contribution in [-0.2, 0) is 14.3 Å². The summed E-state index contributed by atoms with van der Waals surface area (Å²) in [5.41, 5.74) is 0. The standard InChI is InChI=1S/C53H97NO5/c1-4-7-10-13-16-19-22-24-25-26-28-30-33-36-39-42-45-51(56)50(48-55)54-52(57)47-49(44-41-38-35-32-29-21-18-15-12-9-6-3)59-53(58)46-43-40-37-34-31-27-23-20-17-14-11-8-5-2/h8,11,14,17,20,23,27,31,49-51,55-56H,4-7,9-10,12-13,15-16,18-19,21-22,24-26,28-30,32-48H2,1-3H3,(H,54,57)/b11-8+,17-14+,23-20-,31-27-. The number of allylic oxidation sites excluding steroid dienone is 8. The molecule has 3 atom stereocenters. The number of aliphatic hydroxyl groups is 2. The van der Waals surface area contributed by atoms with Gasteiger partial charge in [0.15, 0.2) is 0 Å². The first-order valence-electron chi connectivity index (χ1n) is 25.4. The van der Waals surface area contributed by atoms with E-state index in [4.69, 9.17) is 4.74 Å². The van der Waals surface area contributed by atoms with Gasteiger partial charge in [-0.25, -0.2) is 0 Å². The van der Waals surface area contributed by atoms with Crippen LogP contribution in [-0.4, -0.2) is 46.9 Å². The first kappa shape index (κ1) is 56.8. The summed E-state index contributed by atoms with van der Waals surface area (Å²) in [5, 5.41) is 23.8. The van der Waals surface area contributed by atoms with Gasteiger partial charge in [0.2, 0.25) is 5.91 Å². The number of ether oxygens (including phenoxy) is 1. The Balaban J connectivity index is 4.54. The molecule has 6 heteroatoms. The number of hydrogen-bond donors (Lipinski definition) is 3. The summed E-state index contributed by atoms with van der Waals surface area (Å²) >= 11 is 0. The minimum atomic E-state index is -0.793. The summed E-state index contributed by atoms with van der Waals surface area (Å²) in [4.78, 5) is 26.1. The Bertz CT molecular complexity index is 1020. The third kappa shape index (κ3) is 42.3. The zero-order valence-electron chi connectivity index (χ0n) is 39.1. The lowest BCUT2D eigenvalue weighted by Crippen LogP contribution is -2.46. The molecular weight excluding hydrogens is 731 g/mol. The zero-order valence-corrected chi connectivity index (χ0v) is 39.1. The van der Waals surface area contributed by atoms with E-state index in [2.05, 4.69) is 50.4 Å². The summed E-state index contributed by atoms with van der Waals surface area (Å²) in [5.74, 6) is -0.514. The summed E-state index contributed by atoms with van der Waals surface area (Å²) in [7, 11) is 0. The molecule has 0 fully saturated rings. The van der Waals surface area contributed by atoms with E-state index in [-0.39, 0.29) is 24.9 Å². The van der Waals surface area contributed by atoms with Crippen LogP contribution in [0.15, 0.2) is 48.6 Å². The van der Waals surface area contributed by atoms with E-state index in [0.717, 1.165) is 70.6 Å². The molecule has 0 bridgehead atoms. The fourth-order valence-corrected chi connectivity index (χ4v) is 7.68. The molecule has 0 aliphatic heterocycles. The average Bonchev–Trinajstić information content (AvgIpc) is 3.23. The Morgan fingerprint density at radius 1 is 0.508 bits per heavy atom. The Hall–Kier alpha value is -2.18. The van der Waals surface area contributed by atoms with Gasteiger partial charge in [0, 0.05) is 6.42 Å². The number of carbonyl (C=O) groups excluding carboxylic acids is 2. The monoisotopic (exact) mass is 828 g/mol. The maximum atomic E-state index is 13.2. The molecule has 0 rings (SSSR count). The van der Waals surface area contributed by atoms with Crippen LogP contribution in [0.2, 0.25) is 0 Å². The number of unbranched alkanes of at least 4 members (excludes halogenated alkanes) is 28. The molecular formula is C53H97NO5. The van der Waals surface area contributed by atoms with Crippen LogP contribution in [0.25, 0.3) is 0 Å². The van der Waals surface area contributed by atoms with Crippen LogP contribution in [0.5, 0.6) is 0 Å². The summed E-state index contributed by atoms with van der Waals surface area (Å²) < 4.78 is 5.90. The summed E-state index contributed by atoms with van der Waals surface area (Å²) in [6.45, 7) is 6.34. The average molecular weight is 828 g/mol. The Morgan fingerprint density at radius 2 is 0.915 bits per heavy atom. The molecule has 0 aliphatic carbocycles. The van der Waals surface area contributed by atoms with Gasteiger partial charge in [-0.1, -0.05) is 243 Å². The maximum absolute atomic E-state index is 13.2. The number of aliphatic hydroxyl groups excluding tert-OH is 2. The number of nitrogens with one attached hydrogen (secondary N) is 1. The van der Waals surface area contributed by atoms with E-state index in [1.54, 1.807) is 0 Å². The minimum Gasteiger partial charge on any atom is -0.462 e. The molecule has 6 nitrogen and oxygen atoms in total. The Morgan fingerprint density at radius 3 is 1.37 bits per heavy atom. The third-order valence-corrected chi connectivity index (χ3v) is 11.5. The van der Waals surface area contributed by atoms with E-state index in [9.17, 15) is 19.8 Å². The molecule has 0 radical (unpaired) electrons. The van der Waals surface area contributed by atoms with E-state index < -0.39 is 18.2 Å². The molecule has 0 saturated heterocycles. The first-order valence-corrected chi connectivity index (χ1v) is 25.4. The molecule has 0 aromatic carbocycles. The predicted molar refractivity (Wildman–Crippen MR) is 255 cm³/mol. The summed E-state index contributed by atoms with van der Waals surface area (Å²) in [6.07, 6.45) is 56.0. The van der Waals surface area contributed by atoms with Gasteiger partial charge in [-0.3, -0.25) is 9.59 Å². The molecule has 344 valence electrons. The fraction of sp³-hybridized carbons (Fsp3) is 0.811. The van der Waals surface area contributed by atoms with E-state index in [1.807, 2.05) is 24.3 Å². The SMILES string of the molecule is CC/C=C/C=C/C=C\C=C/CCCCCC(=O)OC(CCCCCCCCCCCCC)CC(=O)NC(CO)C(O)CCCCCCCCCCCCCCCCCC. The third-order valence-electron chi connectivity index (χ3n) is 11.5. The number of esters is 1. The van der Waals surface area contributed by atoms with Gasteiger partial charge in [-0.05, 0) is 44.9 Å². The predicted octanol–water partition coefficient (Wildman–Crippen LogP) is 15.1. The van der Waals surface area contributed by atoms with Crippen molar-refractivity contribution >= 4 is 11.9 Å². The molecule has 3 N–H and O–H groups in total. The van der Waals surface area contributed by atoms with E-state index >= 15 is 0 Å². The van der Waals surface area contributed by atoms with Gasteiger partial charge in [-0.2, -0.15) is 0 Å². The highest BCUT2D eigenvalue weighted by Gasteiger charge is 2.24. The van der Waals surface area contributed by atoms with Crippen molar-refractivity contribution in [2.24, 2.45) is 0 Å². The Labute approximate surface area is 366 Å². The van der Waals surface area contributed by atoms with Crippen LogP contribution in [0, 0.1) is 0 Å². The van der Waals surface area contributed by atoms with Crippen molar-refractivity contribution in [2.75, 3.05) is 6.61 Å². The highest BCUT2D eigenvalue weighted by atomic mass is 16.5. The Kier molecular flexibility index (Phi) is 45.1. The molecule has 0 saturated carbocycles. The smallest absolute Gasteiger partial charge is 0.306 e. The van der Waals surface area contributed by atoms with Gasteiger partial charge < -0.3 is 20.3 Å². The lowest BCUT2D eigenvalue weighted by atomic mass is 10.0. The zero-order chi connectivity index (χ0) is 43.1. The van der Waals surface area contributed by atoms with E-state index in [1.165, 1.54) is 135 Å². The van der Waals surface area contributed by atoms with Crippen molar-refractivity contribution in [3.8, 4) is 0 Å². The van der Waals surface area contributed by atoms with Crippen LogP contribution >= 0.6 is 0 Å². The fourth-order valence-electron chi connectivity index (χ4n) is 7.68. The number of carbonyl (C=O) groups is 2. The van der Waals surface area contributed by atoms with Gasteiger partial charge in [0.25, 0.3) is 0 Å². The number of rotatable bonds is 45. The van der Waals surface area contributed by atoms with Crippen LogP contribution < -0.4 is 5.32 Å². The number of hydrogen-bond acceptors (Lipinski definition) is 5. The van der Waals surface area contributed by atoms with Crippen molar-refractivity contribution < 1.29 is 24.5 Å². The second kappa shape index (κ2) is 46.9. The largest absolute Gasteiger partial charge is 0.462 e. The molecule has 0 aromatic rings. The van der Waals surface area contributed by atoms with Crippen molar-refractivity contribution in [1.82, 2.24) is 5.32 Å². The van der Waals surface area contributed by atoms with Crippen molar-refractivity contribution in [1.29, 1.82) is 0 Å². The van der Waals surface area contributed by atoms with Gasteiger partial charge >= 0.3 is 5.97 Å². The molecule has 0 spiro atoms. The molecule has 0 aliphatic rings. The van der Waals surface area contributed by atoms with Crippen LogP contribution in [0.1, 0.15) is 252 Å². The second-order valence-corrected chi connectivity index (χ2v) is 17.3. The molecule has 59 heavy (non-hydrogen) atoms. The molecule has 0 aromatic heterocycles. The van der Waals surface area contributed by atoms with Crippen LogP contribution in [0.3, 0.4) is 0 Å². The quantitative estimate of drug-likeness (QED) is 0.0323. The van der Waals surface area contributed by atoms with E-state index in [0.29, 0.717) is 19.3 Å². The van der Waals surface area contributed by atoms with Gasteiger partial charge in [-0.15, -0.1) is 0 Å². The molecule has 3 unspecified atom stereocenters. The van der Waals surface area contributed by atoms with Gasteiger partial charge in [0.05, 0.1) is 25.2 Å². The van der Waals surface area contributed by atoms with Crippen molar-refractivity contribution in [2.45, 2.75) is 270 Å². The van der Waals surface area contributed by atoms with Crippen LogP contribution in [0.4, 0.5) is 0 Å². The van der Waals surface area contributed by atoms with Crippen molar-refractivity contribution in [3.63, 3.8) is 0 Å². The molecule has 0 heterocycles. The highest BCUT2D eigenvalue weighted by molar-refractivity contribution is 5.77. The second-order valence-electron chi connectivity index (χ2n) is 17.3. The minimum absolute atomic E-state index is 0.0637. The number of amides is 1. The van der Waals surface area contributed by atoms with Gasteiger partial charge in [0.1, 0.15) is 6.10 Å². The normalized spacial score (nSPS) is 13.6. The highest BCUT2D eigenvalue weighted by Crippen LogP contribution is 2.18.